The van der Waals surface area contributed by atoms with Crippen molar-refractivity contribution in [1.82, 2.24) is 15.2 Å². The molecule has 2 aromatic rings. The molecule has 1 aromatic heterocycles. The minimum atomic E-state index is -4.88. The lowest BCUT2D eigenvalue weighted by atomic mass is 10.2. The van der Waals surface area contributed by atoms with Gasteiger partial charge in [-0.1, -0.05) is 0 Å². The summed E-state index contributed by atoms with van der Waals surface area (Å²) in [6.07, 6.45) is -0.922. The van der Waals surface area contributed by atoms with Crippen LogP contribution in [-0.4, -0.2) is 35.6 Å². The van der Waals surface area contributed by atoms with Crippen molar-refractivity contribution in [3.05, 3.63) is 54.4 Å². The van der Waals surface area contributed by atoms with Crippen LogP contribution < -0.4 is 10.6 Å². The SMILES string of the molecule is O=C(NCCCNC(=O)C(F)(F)F)c1ccc(-n2cccc2)cc1. The highest BCUT2D eigenvalue weighted by Gasteiger charge is 2.38. The molecule has 1 aromatic carbocycles. The number of carbonyl (C=O) groups excluding carboxylic acids is 2. The van der Waals surface area contributed by atoms with Crippen molar-refractivity contribution < 1.29 is 22.8 Å². The first-order valence-electron chi connectivity index (χ1n) is 7.24. The lowest BCUT2D eigenvalue weighted by molar-refractivity contribution is -0.173. The number of alkyl halides is 3. The van der Waals surface area contributed by atoms with Gasteiger partial charge >= 0.3 is 12.1 Å². The van der Waals surface area contributed by atoms with Crippen LogP contribution in [0.5, 0.6) is 0 Å². The third-order valence-corrected chi connectivity index (χ3v) is 3.21. The number of nitrogens with zero attached hydrogens (tertiary/aromatic N) is 1. The van der Waals surface area contributed by atoms with Crippen molar-refractivity contribution in [3.8, 4) is 5.69 Å². The van der Waals surface area contributed by atoms with Gasteiger partial charge in [-0.15, -0.1) is 0 Å². The quantitative estimate of drug-likeness (QED) is 0.793. The molecule has 0 fully saturated rings. The molecule has 0 aliphatic heterocycles. The Morgan fingerprint density at radius 3 is 2.12 bits per heavy atom. The van der Waals surface area contributed by atoms with Crippen LogP contribution in [-0.2, 0) is 4.79 Å². The summed E-state index contributed by atoms with van der Waals surface area (Å²) in [7, 11) is 0. The Kier molecular flexibility index (Phi) is 5.62. The first-order chi connectivity index (χ1) is 11.4. The third-order valence-electron chi connectivity index (χ3n) is 3.21. The summed E-state index contributed by atoms with van der Waals surface area (Å²) in [4.78, 5) is 22.5. The van der Waals surface area contributed by atoms with E-state index in [1.54, 1.807) is 29.6 Å². The fourth-order valence-electron chi connectivity index (χ4n) is 1.99. The Balaban J connectivity index is 1.74. The number of halogens is 3. The van der Waals surface area contributed by atoms with Gasteiger partial charge in [-0.25, -0.2) is 0 Å². The molecule has 0 bridgehead atoms. The summed E-state index contributed by atoms with van der Waals surface area (Å²) in [5, 5.41) is 4.33. The zero-order chi connectivity index (χ0) is 17.6. The molecule has 24 heavy (non-hydrogen) atoms. The van der Waals surface area contributed by atoms with E-state index in [1.807, 2.05) is 29.1 Å². The zero-order valence-electron chi connectivity index (χ0n) is 12.6. The second-order valence-electron chi connectivity index (χ2n) is 5.00. The van der Waals surface area contributed by atoms with E-state index in [0.29, 0.717) is 5.56 Å². The lowest BCUT2D eigenvalue weighted by Gasteiger charge is -2.09. The van der Waals surface area contributed by atoms with E-state index in [0.717, 1.165) is 5.69 Å². The van der Waals surface area contributed by atoms with Crippen LogP contribution in [0.1, 0.15) is 16.8 Å². The first kappa shape index (κ1) is 17.6. The number of hydrogen-bond donors (Lipinski definition) is 2. The van der Waals surface area contributed by atoms with E-state index in [-0.39, 0.29) is 25.4 Å². The van der Waals surface area contributed by atoms with Gasteiger partial charge in [0.25, 0.3) is 5.91 Å². The summed E-state index contributed by atoms with van der Waals surface area (Å²) in [6, 6.07) is 10.7. The Morgan fingerprint density at radius 1 is 0.958 bits per heavy atom. The fraction of sp³-hybridized carbons (Fsp3) is 0.250. The summed E-state index contributed by atoms with van der Waals surface area (Å²) >= 11 is 0. The van der Waals surface area contributed by atoms with E-state index in [2.05, 4.69) is 5.32 Å². The fourth-order valence-corrected chi connectivity index (χ4v) is 1.99. The van der Waals surface area contributed by atoms with Gasteiger partial charge < -0.3 is 15.2 Å². The van der Waals surface area contributed by atoms with Crippen molar-refractivity contribution >= 4 is 11.8 Å². The molecule has 5 nitrogen and oxygen atoms in total. The Morgan fingerprint density at radius 2 is 1.54 bits per heavy atom. The normalized spacial score (nSPS) is 11.1. The average molecular weight is 339 g/mol. The van der Waals surface area contributed by atoms with Crippen LogP contribution >= 0.6 is 0 Å². The number of aromatic nitrogens is 1. The maximum absolute atomic E-state index is 12.0. The predicted molar refractivity (Wildman–Crippen MR) is 81.8 cm³/mol. The first-order valence-corrected chi connectivity index (χ1v) is 7.24. The maximum Gasteiger partial charge on any atom is 0.471 e. The number of carbonyl (C=O) groups is 2. The molecular weight excluding hydrogens is 323 g/mol. The smallest absolute Gasteiger partial charge is 0.352 e. The zero-order valence-corrected chi connectivity index (χ0v) is 12.6. The van der Waals surface area contributed by atoms with Gasteiger partial charge in [-0.2, -0.15) is 13.2 Å². The summed E-state index contributed by atoms with van der Waals surface area (Å²) in [5.41, 5.74) is 1.36. The minimum Gasteiger partial charge on any atom is -0.352 e. The lowest BCUT2D eigenvalue weighted by Crippen LogP contribution is -2.38. The summed E-state index contributed by atoms with van der Waals surface area (Å²) in [5.74, 6) is -2.30. The monoisotopic (exact) mass is 339 g/mol. The van der Waals surface area contributed by atoms with Crippen LogP contribution in [0, 0.1) is 0 Å². The predicted octanol–water partition coefficient (Wildman–Crippen LogP) is 2.28. The highest BCUT2D eigenvalue weighted by Crippen LogP contribution is 2.13. The molecule has 0 saturated heterocycles. The van der Waals surface area contributed by atoms with Gasteiger partial charge in [0.15, 0.2) is 0 Å². The molecule has 0 radical (unpaired) electrons. The van der Waals surface area contributed by atoms with Crippen molar-refractivity contribution in [2.75, 3.05) is 13.1 Å². The van der Waals surface area contributed by atoms with Crippen molar-refractivity contribution in [2.45, 2.75) is 12.6 Å². The van der Waals surface area contributed by atoms with Crippen LogP contribution in [0.4, 0.5) is 13.2 Å². The Labute approximate surface area is 136 Å². The van der Waals surface area contributed by atoms with Gasteiger partial charge in [0, 0.05) is 36.7 Å². The minimum absolute atomic E-state index is 0.162. The van der Waals surface area contributed by atoms with Gasteiger partial charge in [0.1, 0.15) is 0 Å². The second-order valence-corrected chi connectivity index (χ2v) is 5.00. The largest absolute Gasteiger partial charge is 0.471 e. The molecule has 0 spiro atoms. The van der Waals surface area contributed by atoms with Gasteiger partial charge in [-0.05, 0) is 42.8 Å². The molecular formula is C16H16F3N3O2. The summed E-state index contributed by atoms with van der Waals surface area (Å²) < 4.78 is 37.8. The average Bonchev–Trinajstić information content (AvgIpc) is 3.08. The van der Waals surface area contributed by atoms with E-state index in [1.165, 1.54) is 0 Å². The van der Waals surface area contributed by atoms with Gasteiger partial charge in [-0.3, -0.25) is 9.59 Å². The highest BCUT2D eigenvalue weighted by atomic mass is 19.4. The van der Waals surface area contributed by atoms with E-state index >= 15 is 0 Å². The van der Waals surface area contributed by atoms with Gasteiger partial charge in [0.05, 0.1) is 0 Å². The Bertz CT molecular complexity index is 680. The molecule has 0 atom stereocenters. The van der Waals surface area contributed by atoms with Crippen LogP contribution in [0.3, 0.4) is 0 Å². The van der Waals surface area contributed by atoms with Crippen LogP contribution in [0.15, 0.2) is 48.8 Å². The van der Waals surface area contributed by atoms with Crippen molar-refractivity contribution in [2.24, 2.45) is 0 Å². The molecule has 1 heterocycles. The second kappa shape index (κ2) is 7.67. The standard InChI is InChI=1S/C16H16F3N3O2/c17-16(18,19)15(24)21-9-3-8-20-14(23)12-4-6-13(7-5-12)22-10-1-2-11-22/h1-2,4-7,10-11H,3,8-9H2,(H,20,23)(H,21,24). The van der Waals surface area contributed by atoms with Crippen LogP contribution in [0.25, 0.3) is 5.69 Å². The van der Waals surface area contributed by atoms with E-state index in [4.69, 9.17) is 0 Å². The Hall–Kier alpha value is -2.77. The number of hydrogen-bond acceptors (Lipinski definition) is 2. The third kappa shape index (κ3) is 4.87. The molecule has 2 amide bonds. The molecule has 0 saturated carbocycles. The maximum atomic E-state index is 12.0. The van der Waals surface area contributed by atoms with E-state index < -0.39 is 12.1 Å². The summed E-state index contributed by atoms with van der Waals surface area (Å²) in [6.45, 7) is 0.00150. The topological polar surface area (TPSA) is 63.1 Å². The molecule has 0 aliphatic carbocycles. The van der Waals surface area contributed by atoms with Crippen LogP contribution in [0.2, 0.25) is 0 Å². The van der Waals surface area contributed by atoms with Crippen molar-refractivity contribution in [1.29, 1.82) is 0 Å². The number of benzene rings is 1. The van der Waals surface area contributed by atoms with Gasteiger partial charge in [0.2, 0.25) is 0 Å². The van der Waals surface area contributed by atoms with Crippen molar-refractivity contribution in [3.63, 3.8) is 0 Å². The van der Waals surface area contributed by atoms with E-state index in [9.17, 15) is 22.8 Å². The highest BCUT2D eigenvalue weighted by molar-refractivity contribution is 5.94. The molecule has 0 aliphatic rings. The number of rotatable bonds is 6. The molecule has 2 rings (SSSR count). The number of amides is 2. The molecule has 0 unspecified atom stereocenters. The number of nitrogens with one attached hydrogen (secondary N) is 2. The molecule has 8 heteroatoms. The molecule has 128 valence electrons. The molecule has 2 N–H and O–H groups in total.